The molecule has 1 fully saturated rings. The third kappa shape index (κ3) is 7.41. The number of aromatic nitrogens is 3. The molecule has 4 atom stereocenters. The Labute approximate surface area is 284 Å². The molecule has 9 heteroatoms. The van der Waals surface area contributed by atoms with Crippen LogP contribution in [0.5, 0.6) is 0 Å². The topological polar surface area (TPSA) is 126 Å². The van der Waals surface area contributed by atoms with Crippen molar-refractivity contribution in [2.75, 3.05) is 0 Å². The minimum atomic E-state index is -0.734. The van der Waals surface area contributed by atoms with Gasteiger partial charge in [0.15, 0.2) is 0 Å². The Morgan fingerprint density at radius 1 is 0.571 bits per heavy atom. The van der Waals surface area contributed by atoms with Crippen molar-refractivity contribution in [1.82, 2.24) is 15.0 Å². The average molecular weight is 660 g/mol. The lowest BCUT2D eigenvalue weighted by atomic mass is 9.83. The molecule has 0 radical (unpaired) electrons. The van der Waals surface area contributed by atoms with E-state index in [9.17, 15) is 14.4 Å². The number of H-pyrrole nitrogens is 3. The van der Waals surface area contributed by atoms with Gasteiger partial charge in [-0.15, -0.1) is 0 Å². The van der Waals surface area contributed by atoms with Gasteiger partial charge in [-0.1, -0.05) is 61.5 Å². The van der Waals surface area contributed by atoms with Crippen molar-refractivity contribution in [1.29, 1.82) is 0 Å². The van der Waals surface area contributed by atoms with Gasteiger partial charge in [-0.3, -0.25) is 14.4 Å². The van der Waals surface area contributed by atoms with Crippen molar-refractivity contribution < 1.29 is 28.6 Å². The fourth-order valence-corrected chi connectivity index (χ4v) is 7.22. The molecule has 0 unspecified atom stereocenters. The van der Waals surface area contributed by atoms with Gasteiger partial charge in [0.2, 0.25) is 0 Å². The number of para-hydroxylation sites is 3. The molecule has 3 aromatic heterocycles. The lowest BCUT2D eigenvalue weighted by Gasteiger charge is -2.39. The van der Waals surface area contributed by atoms with Gasteiger partial charge < -0.3 is 29.2 Å². The number of hydrogen-bond donors (Lipinski definition) is 3. The smallest absolute Gasteiger partial charge is 0.306 e. The lowest BCUT2D eigenvalue weighted by Crippen LogP contribution is -2.48. The van der Waals surface area contributed by atoms with E-state index in [0.29, 0.717) is 25.7 Å². The summed E-state index contributed by atoms with van der Waals surface area (Å²) in [5.41, 5.74) is 6.21. The first-order chi connectivity index (χ1) is 23.9. The number of carbonyl (C=O) groups is 3. The highest BCUT2D eigenvalue weighted by atomic mass is 16.6. The Morgan fingerprint density at radius 3 is 1.45 bits per heavy atom. The second-order valence-electron chi connectivity index (χ2n) is 13.1. The quantitative estimate of drug-likeness (QED) is 0.0923. The number of ether oxygens (including phenoxy) is 3. The Bertz CT molecular complexity index is 2090. The van der Waals surface area contributed by atoms with E-state index < -0.39 is 18.3 Å². The number of aryl methyl sites for hydroxylation is 3. The second-order valence-corrected chi connectivity index (χ2v) is 13.1. The molecule has 7 rings (SSSR count). The van der Waals surface area contributed by atoms with Crippen LogP contribution in [0.2, 0.25) is 0 Å². The van der Waals surface area contributed by atoms with E-state index in [-0.39, 0.29) is 49.5 Å². The van der Waals surface area contributed by atoms with Gasteiger partial charge in [0, 0.05) is 82.9 Å². The van der Waals surface area contributed by atoms with Crippen molar-refractivity contribution in [3.05, 3.63) is 108 Å². The van der Waals surface area contributed by atoms with Crippen LogP contribution in [0.3, 0.4) is 0 Å². The summed E-state index contributed by atoms with van der Waals surface area (Å²) in [5.74, 6) is -1.23. The molecule has 1 saturated carbocycles. The highest BCUT2D eigenvalue weighted by Gasteiger charge is 2.42. The highest BCUT2D eigenvalue weighted by Crippen LogP contribution is 2.33. The van der Waals surface area contributed by atoms with Gasteiger partial charge in [-0.05, 0) is 60.6 Å². The third-order valence-electron chi connectivity index (χ3n) is 9.73. The molecule has 252 valence electrons. The summed E-state index contributed by atoms with van der Waals surface area (Å²) in [4.78, 5) is 49.3. The summed E-state index contributed by atoms with van der Waals surface area (Å²) in [6.07, 6.45) is 6.89. The zero-order chi connectivity index (χ0) is 33.7. The molecular formula is C40H41N3O6. The maximum atomic E-state index is 13.3. The molecule has 49 heavy (non-hydrogen) atoms. The van der Waals surface area contributed by atoms with Gasteiger partial charge in [-0.25, -0.2) is 0 Å². The SMILES string of the molecule is C[C@@H]1C[C@H](OC(=O)CCc2c[nH]c3ccccc23)C[C@H](OC(=O)CCc2c[nH]c3ccccc23)[C@@H]1OC(=O)CCc1c[nH]c2ccccc12. The molecule has 9 nitrogen and oxygen atoms in total. The number of hydrogen-bond acceptors (Lipinski definition) is 6. The minimum absolute atomic E-state index is 0.170. The molecule has 3 N–H and O–H groups in total. The summed E-state index contributed by atoms with van der Waals surface area (Å²) in [6, 6.07) is 23.9. The molecule has 0 spiro atoms. The van der Waals surface area contributed by atoms with Crippen LogP contribution in [-0.4, -0.2) is 51.2 Å². The van der Waals surface area contributed by atoms with E-state index in [1.54, 1.807) is 0 Å². The molecule has 3 aromatic carbocycles. The van der Waals surface area contributed by atoms with Gasteiger partial charge in [0.1, 0.15) is 18.3 Å². The number of carbonyl (C=O) groups excluding carboxylic acids is 3. The standard InChI is InChI=1S/C40H41N3O6/c1-25-20-29(47-37(44)17-14-26-22-41-33-11-5-2-8-30(26)33)21-36(48-38(45)18-15-27-23-42-34-12-6-3-9-31(27)34)40(25)49-39(46)19-16-28-24-43-35-13-7-4-10-32(28)35/h2-13,22-25,29,36,40-43H,14-21H2,1H3/t25-,29+,36+,40-/m1/s1. The summed E-state index contributed by atoms with van der Waals surface area (Å²) in [5, 5.41) is 3.25. The number of esters is 3. The molecule has 1 aliphatic carbocycles. The number of nitrogens with one attached hydrogen (secondary N) is 3. The molecule has 3 heterocycles. The predicted molar refractivity (Wildman–Crippen MR) is 188 cm³/mol. The first-order valence-electron chi connectivity index (χ1n) is 17.1. The van der Waals surface area contributed by atoms with Crippen molar-refractivity contribution in [3.8, 4) is 0 Å². The minimum Gasteiger partial charge on any atom is -0.462 e. The molecular weight excluding hydrogens is 618 g/mol. The third-order valence-corrected chi connectivity index (χ3v) is 9.73. The number of rotatable bonds is 12. The Morgan fingerprint density at radius 2 is 0.980 bits per heavy atom. The van der Waals surface area contributed by atoms with Crippen LogP contribution in [0.15, 0.2) is 91.4 Å². The Balaban J connectivity index is 0.993. The maximum absolute atomic E-state index is 13.3. The zero-order valence-electron chi connectivity index (χ0n) is 27.6. The number of fused-ring (bicyclic) bond motifs is 3. The fraction of sp³-hybridized carbons (Fsp3) is 0.325. The van der Waals surface area contributed by atoms with Gasteiger partial charge in [0.05, 0.1) is 0 Å². The van der Waals surface area contributed by atoms with Crippen LogP contribution in [0.25, 0.3) is 32.7 Å². The lowest BCUT2D eigenvalue weighted by molar-refractivity contribution is -0.186. The van der Waals surface area contributed by atoms with E-state index in [1.165, 1.54) is 0 Å². The van der Waals surface area contributed by atoms with Crippen LogP contribution >= 0.6 is 0 Å². The molecule has 0 amide bonds. The normalized spacial score (nSPS) is 19.3. The fourth-order valence-electron chi connectivity index (χ4n) is 7.22. The van der Waals surface area contributed by atoms with Crippen LogP contribution in [0.4, 0.5) is 0 Å². The van der Waals surface area contributed by atoms with Crippen LogP contribution in [0.1, 0.15) is 55.7 Å². The van der Waals surface area contributed by atoms with Crippen LogP contribution in [-0.2, 0) is 47.9 Å². The van der Waals surface area contributed by atoms with Crippen molar-refractivity contribution in [3.63, 3.8) is 0 Å². The van der Waals surface area contributed by atoms with E-state index >= 15 is 0 Å². The summed E-state index contributed by atoms with van der Waals surface area (Å²) in [6.45, 7) is 1.95. The van der Waals surface area contributed by atoms with Crippen molar-refractivity contribution in [2.24, 2.45) is 5.92 Å². The van der Waals surface area contributed by atoms with Crippen LogP contribution < -0.4 is 0 Å². The highest BCUT2D eigenvalue weighted by molar-refractivity contribution is 5.85. The van der Waals surface area contributed by atoms with Crippen LogP contribution in [0, 0.1) is 5.92 Å². The van der Waals surface area contributed by atoms with Crippen molar-refractivity contribution in [2.45, 2.75) is 76.6 Å². The van der Waals surface area contributed by atoms with E-state index in [0.717, 1.165) is 49.4 Å². The van der Waals surface area contributed by atoms with E-state index in [1.807, 2.05) is 98.3 Å². The molecule has 0 aliphatic heterocycles. The predicted octanol–water partition coefficient (Wildman–Crippen LogP) is 7.49. The number of benzene rings is 3. The summed E-state index contributed by atoms with van der Waals surface area (Å²) >= 11 is 0. The first kappa shape index (κ1) is 32.2. The molecule has 1 aliphatic rings. The maximum Gasteiger partial charge on any atom is 0.306 e. The summed E-state index contributed by atoms with van der Waals surface area (Å²) < 4.78 is 18.0. The molecule has 0 saturated heterocycles. The van der Waals surface area contributed by atoms with Gasteiger partial charge >= 0.3 is 17.9 Å². The van der Waals surface area contributed by atoms with Gasteiger partial charge in [-0.2, -0.15) is 0 Å². The Hall–Kier alpha value is -5.31. The monoisotopic (exact) mass is 659 g/mol. The molecule has 6 aromatic rings. The summed E-state index contributed by atoms with van der Waals surface area (Å²) in [7, 11) is 0. The average Bonchev–Trinajstić information content (AvgIpc) is 3.84. The van der Waals surface area contributed by atoms with E-state index in [4.69, 9.17) is 14.2 Å². The van der Waals surface area contributed by atoms with E-state index in [2.05, 4.69) is 15.0 Å². The largest absolute Gasteiger partial charge is 0.462 e. The van der Waals surface area contributed by atoms with Gasteiger partial charge in [0.25, 0.3) is 0 Å². The second kappa shape index (κ2) is 14.4. The first-order valence-corrected chi connectivity index (χ1v) is 17.1. The number of aromatic amines is 3. The zero-order valence-corrected chi connectivity index (χ0v) is 27.6. The molecule has 0 bridgehead atoms. The Kier molecular flexibility index (Phi) is 9.50. The van der Waals surface area contributed by atoms with Crippen molar-refractivity contribution >= 4 is 50.6 Å².